The van der Waals surface area contributed by atoms with E-state index >= 15 is 0 Å². The second kappa shape index (κ2) is 5.27. The van der Waals surface area contributed by atoms with Gasteiger partial charge in [-0.1, -0.05) is 6.08 Å². The minimum atomic E-state index is -0.434. The van der Waals surface area contributed by atoms with Gasteiger partial charge in [0.25, 0.3) is 5.91 Å². The maximum atomic E-state index is 14.0. The first-order chi connectivity index (χ1) is 8.59. The lowest BCUT2D eigenvalue weighted by atomic mass is 10.0. The molecule has 0 saturated carbocycles. The lowest BCUT2D eigenvalue weighted by Gasteiger charge is -2.15. The zero-order chi connectivity index (χ0) is 13.1. The van der Waals surface area contributed by atoms with Gasteiger partial charge in [0.1, 0.15) is 11.5 Å². The van der Waals surface area contributed by atoms with Gasteiger partial charge >= 0.3 is 0 Å². The Hall–Kier alpha value is -1.75. The fraction of sp³-hybridized carbons (Fsp3) is 0.385. The van der Waals surface area contributed by atoms with Gasteiger partial charge in [-0.3, -0.25) is 9.78 Å². The van der Waals surface area contributed by atoms with Crippen LogP contribution < -0.4 is 5.32 Å². The Kier molecular flexibility index (Phi) is 3.72. The highest BCUT2D eigenvalue weighted by molar-refractivity contribution is 5.93. The number of nitrogens with zero attached hydrogens (tertiary/aromatic N) is 2. The molecule has 1 aromatic rings. The monoisotopic (exact) mass is 249 g/mol. The first-order valence-electron chi connectivity index (χ1n) is 5.87. The highest BCUT2D eigenvalue weighted by Gasteiger charge is 2.15. The van der Waals surface area contributed by atoms with Crippen LogP contribution in [-0.4, -0.2) is 43.0 Å². The largest absolute Gasteiger partial charge is 0.345 e. The van der Waals surface area contributed by atoms with E-state index in [1.54, 1.807) is 14.1 Å². The molecule has 0 unspecified atom stereocenters. The summed E-state index contributed by atoms with van der Waals surface area (Å²) >= 11 is 0. The predicted molar refractivity (Wildman–Crippen MR) is 67.7 cm³/mol. The molecular formula is C13H16FN3O. The molecule has 0 atom stereocenters. The molecule has 1 aliphatic heterocycles. The van der Waals surface area contributed by atoms with Gasteiger partial charge in [-0.25, -0.2) is 4.39 Å². The molecule has 0 saturated heterocycles. The SMILES string of the molecule is CN(C)C(=O)c1cnc(C2=CCNCC2)c(F)c1. The third kappa shape index (κ3) is 2.56. The van der Waals surface area contributed by atoms with Crippen LogP contribution in [0.15, 0.2) is 18.3 Å². The van der Waals surface area contributed by atoms with E-state index in [4.69, 9.17) is 0 Å². The van der Waals surface area contributed by atoms with Gasteiger partial charge < -0.3 is 10.2 Å². The summed E-state index contributed by atoms with van der Waals surface area (Å²) < 4.78 is 14.0. The van der Waals surface area contributed by atoms with Crippen LogP contribution in [0.3, 0.4) is 0 Å². The quantitative estimate of drug-likeness (QED) is 0.859. The standard InChI is InChI=1S/C13H16FN3O/c1-17(2)13(18)10-7-11(14)12(16-8-10)9-3-5-15-6-4-9/h3,7-8,15H,4-6H2,1-2H3. The molecule has 5 heteroatoms. The minimum Gasteiger partial charge on any atom is -0.345 e. The normalized spacial score (nSPS) is 15.2. The zero-order valence-corrected chi connectivity index (χ0v) is 10.5. The molecular weight excluding hydrogens is 233 g/mol. The fourth-order valence-corrected chi connectivity index (χ4v) is 1.89. The van der Waals surface area contributed by atoms with Gasteiger partial charge in [-0.2, -0.15) is 0 Å². The van der Waals surface area contributed by atoms with E-state index in [-0.39, 0.29) is 11.5 Å². The third-order valence-electron chi connectivity index (χ3n) is 2.86. The summed E-state index contributed by atoms with van der Waals surface area (Å²) in [7, 11) is 3.26. The maximum Gasteiger partial charge on any atom is 0.255 e. The number of nitrogens with one attached hydrogen (secondary N) is 1. The Bertz CT molecular complexity index is 497. The van der Waals surface area contributed by atoms with Crippen molar-refractivity contribution in [2.45, 2.75) is 6.42 Å². The van der Waals surface area contributed by atoms with Gasteiger partial charge in [0.05, 0.1) is 5.56 Å². The molecule has 1 aromatic heterocycles. The number of pyridine rings is 1. The first-order valence-corrected chi connectivity index (χ1v) is 5.87. The van der Waals surface area contributed by atoms with Crippen molar-refractivity contribution in [3.63, 3.8) is 0 Å². The van der Waals surface area contributed by atoms with Crippen LogP contribution >= 0.6 is 0 Å². The van der Waals surface area contributed by atoms with Crippen molar-refractivity contribution in [3.05, 3.63) is 35.4 Å². The average molecular weight is 249 g/mol. The molecule has 4 nitrogen and oxygen atoms in total. The minimum absolute atomic E-state index is 0.243. The topological polar surface area (TPSA) is 45.2 Å². The number of halogens is 1. The number of aromatic nitrogens is 1. The average Bonchev–Trinajstić information content (AvgIpc) is 2.38. The van der Waals surface area contributed by atoms with E-state index in [2.05, 4.69) is 10.3 Å². The van der Waals surface area contributed by atoms with E-state index in [1.165, 1.54) is 17.2 Å². The first kappa shape index (κ1) is 12.7. The van der Waals surface area contributed by atoms with Crippen molar-refractivity contribution < 1.29 is 9.18 Å². The summed E-state index contributed by atoms with van der Waals surface area (Å²) in [6.07, 6.45) is 4.12. The van der Waals surface area contributed by atoms with E-state index in [9.17, 15) is 9.18 Å². The molecule has 18 heavy (non-hydrogen) atoms. The number of hydrogen-bond donors (Lipinski definition) is 1. The van der Waals surface area contributed by atoms with Crippen LogP contribution in [0.1, 0.15) is 22.5 Å². The molecule has 1 amide bonds. The Morgan fingerprint density at radius 2 is 2.28 bits per heavy atom. The van der Waals surface area contributed by atoms with Crippen LogP contribution in [-0.2, 0) is 0 Å². The van der Waals surface area contributed by atoms with Crippen LogP contribution in [0.5, 0.6) is 0 Å². The van der Waals surface area contributed by atoms with Crippen molar-refractivity contribution in [1.82, 2.24) is 15.2 Å². The lowest BCUT2D eigenvalue weighted by molar-refractivity contribution is 0.0826. The number of amides is 1. The predicted octanol–water partition coefficient (Wildman–Crippen LogP) is 1.30. The fourth-order valence-electron chi connectivity index (χ4n) is 1.89. The third-order valence-corrected chi connectivity index (χ3v) is 2.86. The Morgan fingerprint density at radius 3 is 2.83 bits per heavy atom. The van der Waals surface area contributed by atoms with Crippen LogP contribution in [0, 0.1) is 5.82 Å². The molecule has 0 fully saturated rings. The number of carbonyl (C=O) groups is 1. The highest BCUT2D eigenvalue weighted by atomic mass is 19.1. The van der Waals surface area contributed by atoms with E-state index in [1.807, 2.05) is 6.08 Å². The molecule has 0 bridgehead atoms. The Balaban J connectivity index is 2.30. The van der Waals surface area contributed by atoms with Gasteiger partial charge in [-0.05, 0) is 24.6 Å². The Labute approximate surface area is 106 Å². The van der Waals surface area contributed by atoms with Crippen LogP contribution in [0.4, 0.5) is 4.39 Å². The van der Waals surface area contributed by atoms with Crippen molar-refractivity contribution >= 4 is 11.5 Å². The van der Waals surface area contributed by atoms with Gasteiger partial charge in [0.2, 0.25) is 0 Å². The summed E-state index contributed by atoms with van der Waals surface area (Å²) in [5.41, 5.74) is 1.53. The van der Waals surface area contributed by atoms with E-state index in [0.717, 1.165) is 25.1 Å². The molecule has 0 spiro atoms. The van der Waals surface area contributed by atoms with Crippen molar-refractivity contribution in [1.29, 1.82) is 0 Å². The van der Waals surface area contributed by atoms with Gasteiger partial charge in [-0.15, -0.1) is 0 Å². The Morgan fingerprint density at radius 1 is 1.50 bits per heavy atom. The van der Waals surface area contributed by atoms with E-state index < -0.39 is 5.82 Å². The summed E-state index contributed by atoms with van der Waals surface area (Å²) in [5.74, 6) is -0.678. The van der Waals surface area contributed by atoms with Gasteiger partial charge in [0, 0.05) is 26.8 Å². The van der Waals surface area contributed by atoms with Crippen molar-refractivity contribution in [3.8, 4) is 0 Å². The molecule has 0 aromatic carbocycles. The van der Waals surface area contributed by atoms with Crippen molar-refractivity contribution in [2.75, 3.05) is 27.2 Å². The number of hydrogen-bond acceptors (Lipinski definition) is 3. The summed E-state index contributed by atoms with van der Waals surface area (Å²) in [6, 6.07) is 1.26. The molecule has 0 aliphatic carbocycles. The highest BCUT2D eigenvalue weighted by Crippen LogP contribution is 2.21. The second-order valence-corrected chi connectivity index (χ2v) is 4.44. The molecule has 2 rings (SSSR count). The maximum absolute atomic E-state index is 14.0. The van der Waals surface area contributed by atoms with E-state index in [0.29, 0.717) is 5.69 Å². The number of rotatable bonds is 2. The van der Waals surface area contributed by atoms with Crippen molar-refractivity contribution in [2.24, 2.45) is 0 Å². The summed E-state index contributed by atoms with van der Waals surface area (Å²) in [4.78, 5) is 17.2. The summed E-state index contributed by atoms with van der Waals surface area (Å²) in [5, 5.41) is 3.16. The molecule has 2 heterocycles. The summed E-state index contributed by atoms with van der Waals surface area (Å²) in [6.45, 7) is 1.56. The molecule has 96 valence electrons. The second-order valence-electron chi connectivity index (χ2n) is 4.44. The van der Waals surface area contributed by atoms with Crippen LogP contribution in [0.2, 0.25) is 0 Å². The smallest absolute Gasteiger partial charge is 0.255 e. The molecule has 0 radical (unpaired) electrons. The molecule has 1 aliphatic rings. The number of carbonyl (C=O) groups excluding carboxylic acids is 1. The van der Waals surface area contributed by atoms with Crippen LogP contribution in [0.25, 0.3) is 5.57 Å². The van der Waals surface area contributed by atoms with Gasteiger partial charge in [0.15, 0.2) is 0 Å². The zero-order valence-electron chi connectivity index (χ0n) is 10.5. The lowest BCUT2D eigenvalue weighted by Crippen LogP contribution is -2.23. The molecule has 1 N–H and O–H groups in total.